The van der Waals surface area contributed by atoms with E-state index in [4.69, 9.17) is 4.74 Å². The molecule has 2 nitrogen and oxygen atoms in total. The highest BCUT2D eigenvalue weighted by Gasteiger charge is 2.06. The largest absolute Gasteiger partial charge is 0.394 e. The number of rotatable bonds is 18. The number of hydrogen-bond acceptors (Lipinski definition) is 2. The zero-order valence-corrected chi connectivity index (χ0v) is 15.5. The Balaban J connectivity index is 3.18. The maximum atomic E-state index is 9.28. The van der Waals surface area contributed by atoms with Crippen molar-refractivity contribution in [1.29, 1.82) is 0 Å². The standard InChI is InChI=1S/C20H42O2/c1-3-5-7-8-9-10-11-12-13-14-15-16-17-20(19-21)22-18-6-4-2/h20-21H,3-19H2,1-2H3. The maximum absolute atomic E-state index is 9.28. The minimum absolute atomic E-state index is 0.0784. The van der Waals surface area contributed by atoms with Crippen LogP contribution < -0.4 is 0 Å². The first kappa shape index (κ1) is 21.9. The summed E-state index contributed by atoms with van der Waals surface area (Å²) < 4.78 is 5.68. The van der Waals surface area contributed by atoms with Gasteiger partial charge < -0.3 is 9.84 Å². The van der Waals surface area contributed by atoms with Gasteiger partial charge in [0.25, 0.3) is 0 Å². The molecule has 1 unspecified atom stereocenters. The van der Waals surface area contributed by atoms with Crippen LogP contribution in [0.3, 0.4) is 0 Å². The van der Waals surface area contributed by atoms with Crippen molar-refractivity contribution >= 4 is 0 Å². The Labute approximate surface area is 140 Å². The molecular weight excluding hydrogens is 272 g/mol. The molecule has 22 heavy (non-hydrogen) atoms. The molecule has 0 saturated carbocycles. The number of ether oxygens (including phenoxy) is 1. The highest BCUT2D eigenvalue weighted by atomic mass is 16.5. The second-order valence-corrected chi connectivity index (χ2v) is 6.71. The van der Waals surface area contributed by atoms with E-state index in [0.29, 0.717) is 0 Å². The van der Waals surface area contributed by atoms with Crippen LogP contribution in [0.5, 0.6) is 0 Å². The van der Waals surface area contributed by atoms with Crippen molar-refractivity contribution in [3.63, 3.8) is 0 Å². The summed E-state index contributed by atoms with van der Waals surface area (Å²) in [5, 5.41) is 9.28. The van der Waals surface area contributed by atoms with Crippen LogP contribution in [0.4, 0.5) is 0 Å². The SMILES string of the molecule is CCCCCCCCCCCCCCC(CO)OCCCC. The molecule has 0 aromatic carbocycles. The predicted octanol–water partition coefficient (Wildman–Crippen LogP) is 6.26. The molecule has 0 aliphatic rings. The molecule has 0 heterocycles. The van der Waals surface area contributed by atoms with Crippen molar-refractivity contribution in [3.8, 4) is 0 Å². The normalized spacial score (nSPS) is 12.7. The lowest BCUT2D eigenvalue weighted by molar-refractivity contribution is 0.00549. The quantitative estimate of drug-likeness (QED) is 0.303. The van der Waals surface area contributed by atoms with Gasteiger partial charge in [0.15, 0.2) is 0 Å². The molecular formula is C20H42O2. The maximum Gasteiger partial charge on any atom is 0.0805 e. The summed E-state index contributed by atoms with van der Waals surface area (Å²) >= 11 is 0. The molecule has 0 aliphatic carbocycles. The zero-order chi connectivity index (χ0) is 16.3. The van der Waals surface area contributed by atoms with Crippen LogP contribution >= 0.6 is 0 Å². The Kier molecular flexibility index (Phi) is 18.9. The first-order valence-electron chi connectivity index (χ1n) is 10.1. The zero-order valence-electron chi connectivity index (χ0n) is 15.5. The van der Waals surface area contributed by atoms with E-state index in [9.17, 15) is 5.11 Å². The molecule has 2 heteroatoms. The van der Waals surface area contributed by atoms with Crippen LogP contribution in [-0.2, 0) is 4.74 Å². The van der Waals surface area contributed by atoms with E-state index >= 15 is 0 Å². The lowest BCUT2D eigenvalue weighted by Gasteiger charge is -2.15. The summed E-state index contributed by atoms with van der Waals surface area (Å²) in [5.74, 6) is 0. The molecule has 0 aromatic heterocycles. The summed E-state index contributed by atoms with van der Waals surface area (Å²) in [6.07, 6.45) is 19.9. The third kappa shape index (κ3) is 16.3. The molecule has 0 fully saturated rings. The fraction of sp³-hybridized carbons (Fsp3) is 1.00. The Hall–Kier alpha value is -0.0800. The van der Waals surface area contributed by atoms with Gasteiger partial charge >= 0.3 is 0 Å². The van der Waals surface area contributed by atoms with E-state index in [-0.39, 0.29) is 12.7 Å². The van der Waals surface area contributed by atoms with Crippen LogP contribution in [0.2, 0.25) is 0 Å². The van der Waals surface area contributed by atoms with Gasteiger partial charge in [-0.2, -0.15) is 0 Å². The highest BCUT2D eigenvalue weighted by molar-refractivity contribution is 4.57. The molecule has 0 amide bonds. The second kappa shape index (κ2) is 19.0. The average molecular weight is 315 g/mol. The Morgan fingerprint density at radius 2 is 1.09 bits per heavy atom. The van der Waals surface area contributed by atoms with Crippen LogP contribution in [0.15, 0.2) is 0 Å². The van der Waals surface area contributed by atoms with Crippen molar-refractivity contribution in [2.24, 2.45) is 0 Å². The molecule has 0 aromatic rings. The minimum atomic E-state index is 0.0784. The average Bonchev–Trinajstić information content (AvgIpc) is 2.54. The van der Waals surface area contributed by atoms with Gasteiger partial charge in [0.1, 0.15) is 0 Å². The van der Waals surface area contributed by atoms with E-state index in [0.717, 1.165) is 25.9 Å². The van der Waals surface area contributed by atoms with E-state index in [1.807, 2.05) is 0 Å². The second-order valence-electron chi connectivity index (χ2n) is 6.71. The molecule has 0 saturated heterocycles. The van der Waals surface area contributed by atoms with Gasteiger partial charge in [0, 0.05) is 6.61 Å². The van der Waals surface area contributed by atoms with E-state index in [1.54, 1.807) is 0 Å². The van der Waals surface area contributed by atoms with E-state index in [2.05, 4.69) is 13.8 Å². The van der Waals surface area contributed by atoms with Gasteiger partial charge in [-0.1, -0.05) is 97.3 Å². The summed E-state index contributed by atoms with van der Waals surface area (Å²) in [4.78, 5) is 0. The smallest absolute Gasteiger partial charge is 0.0805 e. The van der Waals surface area contributed by atoms with Gasteiger partial charge in [0.05, 0.1) is 12.7 Å². The molecule has 1 atom stereocenters. The van der Waals surface area contributed by atoms with Gasteiger partial charge in [-0.3, -0.25) is 0 Å². The number of aliphatic hydroxyl groups is 1. The molecule has 0 bridgehead atoms. The summed E-state index contributed by atoms with van der Waals surface area (Å²) in [7, 11) is 0. The van der Waals surface area contributed by atoms with Gasteiger partial charge in [-0.15, -0.1) is 0 Å². The molecule has 0 rings (SSSR count). The van der Waals surface area contributed by atoms with Gasteiger partial charge in [0.2, 0.25) is 0 Å². The van der Waals surface area contributed by atoms with Crippen LogP contribution in [0.1, 0.15) is 110 Å². The third-order valence-electron chi connectivity index (χ3n) is 4.43. The molecule has 0 aliphatic heterocycles. The highest BCUT2D eigenvalue weighted by Crippen LogP contribution is 2.13. The monoisotopic (exact) mass is 314 g/mol. The van der Waals surface area contributed by atoms with E-state index in [1.165, 1.54) is 77.0 Å². The van der Waals surface area contributed by atoms with Gasteiger partial charge in [-0.25, -0.2) is 0 Å². The predicted molar refractivity (Wildman–Crippen MR) is 97.4 cm³/mol. The first-order valence-corrected chi connectivity index (χ1v) is 10.1. The lowest BCUT2D eigenvalue weighted by atomic mass is 10.0. The van der Waals surface area contributed by atoms with Crippen LogP contribution in [0.25, 0.3) is 0 Å². The Morgan fingerprint density at radius 1 is 0.636 bits per heavy atom. The third-order valence-corrected chi connectivity index (χ3v) is 4.43. The number of unbranched alkanes of at least 4 members (excludes halogenated alkanes) is 12. The summed E-state index contributed by atoms with van der Waals surface area (Å²) in [6.45, 7) is 5.43. The number of hydrogen-bond donors (Lipinski definition) is 1. The van der Waals surface area contributed by atoms with Crippen molar-refractivity contribution in [1.82, 2.24) is 0 Å². The Bertz CT molecular complexity index is 194. The Morgan fingerprint density at radius 3 is 1.55 bits per heavy atom. The molecule has 134 valence electrons. The fourth-order valence-electron chi connectivity index (χ4n) is 2.83. The van der Waals surface area contributed by atoms with Gasteiger partial charge in [-0.05, 0) is 12.8 Å². The van der Waals surface area contributed by atoms with Crippen molar-refractivity contribution in [3.05, 3.63) is 0 Å². The molecule has 0 radical (unpaired) electrons. The fourth-order valence-corrected chi connectivity index (χ4v) is 2.83. The lowest BCUT2D eigenvalue weighted by Crippen LogP contribution is -2.18. The van der Waals surface area contributed by atoms with Crippen molar-refractivity contribution in [2.45, 2.75) is 116 Å². The summed E-state index contributed by atoms with van der Waals surface area (Å²) in [6, 6.07) is 0. The molecule has 1 N–H and O–H groups in total. The first-order chi connectivity index (χ1) is 10.8. The van der Waals surface area contributed by atoms with E-state index < -0.39 is 0 Å². The van der Waals surface area contributed by atoms with Crippen LogP contribution in [0, 0.1) is 0 Å². The number of aliphatic hydroxyl groups excluding tert-OH is 1. The van der Waals surface area contributed by atoms with Crippen molar-refractivity contribution in [2.75, 3.05) is 13.2 Å². The minimum Gasteiger partial charge on any atom is -0.394 e. The van der Waals surface area contributed by atoms with Crippen LogP contribution in [-0.4, -0.2) is 24.4 Å². The summed E-state index contributed by atoms with van der Waals surface area (Å²) in [5.41, 5.74) is 0. The van der Waals surface area contributed by atoms with Crippen molar-refractivity contribution < 1.29 is 9.84 Å². The molecule has 0 spiro atoms. The topological polar surface area (TPSA) is 29.5 Å².